The minimum absolute atomic E-state index is 0.0961. The molecule has 2 aromatic carbocycles. The SMILES string of the molecule is COC1(Cc2n[nH]c3ccccc23)C(=O)C=CC(c2ccccc2)C1=O. The molecule has 2 atom stereocenters. The van der Waals surface area contributed by atoms with Crippen molar-refractivity contribution in [3.63, 3.8) is 0 Å². The van der Waals surface area contributed by atoms with Gasteiger partial charge in [-0.15, -0.1) is 0 Å². The molecule has 2 unspecified atom stereocenters. The first-order valence-electron chi connectivity index (χ1n) is 8.45. The molecule has 1 aromatic heterocycles. The van der Waals surface area contributed by atoms with Gasteiger partial charge in [0.1, 0.15) is 0 Å². The normalized spacial score (nSPS) is 22.9. The lowest BCUT2D eigenvalue weighted by Gasteiger charge is -2.33. The number of H-pyrrole nitrogens is 1. The van der Waals surface area contributed by atoms with E-state index in [4.69, 9.17) is 4.74 Å². The number of nitrogens with zero attached hydrogens (tertiary/aromatic N) is 1. The molecule has 3 aromatic rings. The van der Waals surface area contributed by atoms with Gasteiger partial charge in [0, 0.05) is 18.9 Å². The summed E-state index contributed by atoms with van der Waals surface area (Å²) in [5.41, 5.74) is 0.785. The number of aromatic amines is 1. The van der Waals surface area contributed by atoms with E-state index in [-0.39, 0.29) is 18.0 Å². The lowest BCUT2D eigenvalue weighted by Crippen LogP contribution is -2.53. The zero-order chi connectivity index (χ0) is 18.1. The maximum absolute atomic E-state index is 13.3. The van der Waals surface area contributed by atoms with Gasteiger partial charge in [0.15, 0.2) is 17.2 Å². The van der Waals surface area contributed by atoms with E-state index in [1.165, 1.54) is 13.2 Å². The molecule has 0 saturated carbocycles. The summed E-state index contributed by atoms with van der Waals surface area (Å²) in [5, 5.41) is 8.15. The van der Waals surface area contributed by atoms with Gasteiger partial charge in [-0.05, 0) is 17.7 Å². The minimum atomic E-state index is -1.56. The number of ketones is 2. The average molecular weight is 346 g/mol. The standard InChI is InChI=1S/C21H18N2O3/c1-26-21(13-18-16-9-5-6-10-17(16)22-23-18)19(24)12-11-15(20(21)25)14-7-3-2-4-8-14/h2-12,15H,13H2,1H3,(H,22,23). The summed E-state index contributed by atoms with van der Waals surface area (Å²) in [6, 6.07) is 17.0. The monoisotopic (exact) mass is 346 g/mol. The number of methoxy groups -OCH3 is 1. The Kier molecular flexibility index (Phi) is 4.01. The molecule has 0 radical (unpaired) electrons. The molecule has 0 aliphatic heterocycles. The van der Waals surface area contributed by atoms with E-state index in [1.54, 1.807) is 6.08 Å². The van der Waals surface area contributed by atoms with Crippen LogP contribution in [0.5, 0.6) is 0 Å². The van der Waals surface area contributed by atoms with Crippen molar-refractivity contribution in [3.8, 4) is 0 Å². The highest BCUT2D eigenvalue weighted by Crippen LogP contribution is 2.34. The number of carbonyl (C=O) groups is 2. The lowest BCUT2D eigenvalue weighted by molar-refractivity contribution is -0.153. The van der Waals surface area contributed by atoms with Crippen molar-refractivity contribution in [2.24, 2.45) is 0 Å². The Balaban J connectivity index is 1.77. The molecular formula is C21H18N2O3. The highest BCUT2D eigenvalue weighted by atomic mass is 16.5. The summed E-state index contributed by atoms with van der Waals surface area (Å²) < 4.78 is 5.57. The van der Waals surface area contributed by atoms with Crippen LogP contribution in [0.3, 0.4) is 0 Å². The number of ether oxygens (including phenoxy) is 1. The molecule has 0 bridgehead atoms. The van der Waals surface area contributed by atoms with E-state index < -0.39 is 11.5 Å². The second-order valence-corrected chi connectivity index (χ2v) is 6.40. The van der Waals surface area contributed by atoms with E-state index in [0.29, 0.717) is 5.69 Å². The molecule has 1 aliphatic carbocycles. The van der Waals surface area contributed by atoms with Crippen LogP contribution in [-0.2, 0) is 20.7 Å². The average Bonchev–Trinajstić information content (AvgIpc) is 3.09. The predicted octanol–water partition coefficient (Wildman–Crippen LogP) is 2.98. The van der Waals surface area contributed by atoms with Crippen LogP contribution in [-0.4, -0.2) is 34.5 Å². The molecule has 26 heavy (non-hydrogen) atoms. The summed E-state index contributed by atoms with van der Waals surface area (Å²) in [7, 11) is 1.41. The van der Waals surface area contributed by atoms with Gasteiger partial charge in [-0.1, -0.05) is 54.6 Å². The number of nitrogens with one attached hydrogen (secondary N) is 1. The quantitative estimate of drug-likeness (QED) is 0.737. The van der Waals surface area contributed by atoms with Crippen LogP contribution in [0.25, 0.3) is 10.9 Å². The van der Waals surface area contributed by atoms with Gasteiger partial charge in [0.05, 0.1) is 17.1 Å². The Morgan fingerprint density at radius 2 is 1.81 bits per heavy atom. The van der Waals surface area contributed by atoms with Gasteiger partial charge in [0.25, 0.3) is 0 Å². The highest BCUT2D eigenvalue weighted by Gasteiger charge is 2.50. The third-order valence-electron chi connectivity index (χ3n) is 4.99. The molecule has 0 fully saturated rings. The first-order chi connectivity index (χ1) is 12.7. The zero-order valence-electron chi connectivity index (χ0n) is 14.3. The van der Waals surface area contributed by atoms with Crippen molar-refractivity contribution in [2.75, 3.05) is 7.11 Å². The van der Waals surface area contributed by atoms with Crippen molar-refractivity contribution in [1.29, 1.82) is 0 Å². The molecule has 5 nitrogen and oxygen atoms in total. The number of rotatable bonds is 4. The molecule has 0 spiro atoms. The third kappa shape index (κ3) is 2.48. The second kappa shape index (κ2) is 6.35. The summed E-state index contributed by atoms with van der Waals surface area (Å²) in [6.45, 7) is 0. The zero-order valence-corrected chi connectivity index (χ0v) is 14.3. The molecule has 0 saturated heterocycles. The largest absolute Gasteiger partial charge is 0.362 e. The number of para-hydroxylation sites is 1. The highest BCUT2D eigenvalue weighted by molar-refractivity contribution is 6.20. The van der Waals surface area contributed by atoms with E-state index in [9.17, 15) is 9.59 Å². The maximum atomic E-state index is 13.3. The number of allylic oxidation sites excluding steroid dienone is 1. The summed E-state index contributed by atoms with van der Waals surface area (Å²) in [5.74, 6) is -1.12. The number of hydrogen-bond donors (Lipinski definition) is 1. The van der Waals surface area contributed by atoms with Crippen LogP contribution in [0.2, 0.25) is 0 Å². The first kappa shape index (κ1) is 16.4. The number of fused-ring (bicyclic) bond motifs is 1. The van der Waals surface area contributed by atoms with Crippen LogP contribution in [0.4, 0.5) is 0 Å². The van der Waals surface area contributed by atoms with Crippen molar-refractivity contribution in [3.05, 3.63) is 78.0 Å². The molecule has 5 heteroatoms. The summed E-state index contributed by atoms with van der Waals surface area (Å²) >= 11 is 0. The van der Waals surface area contributed by atoms with Crippen molar-refractivity contribution in [1.82, 2.24) is 10.2 Å². The minimum Gasteiger partial charge on any atom is -0.362 e. The Morgan fingerprint density at radius 3 is 2.58 bits per heavy atom. The third-order valence-corrected chi connectivity index (χ3v) is 4.99. The number of aromatic nitrogens is 2. The van der Waals surface area contributed by atoms with Crippen LogP contribution in [0.15, 0.2) is 66.7 Å². The Labute approximate surface area is 150 Å². The van der Waals surface area contributed by atoms with Crippen LogP contribution < -0.4 is 0 Å². The smallest absolute Gasteiger partial charge is 0.195 e. The van der Waals surface area contributed by atoms with Gasteiger partial charge < -0.3 is 4.74 Å². The first-order valence-corrected chi connectivity index (χ1v) is 8.45. The maximum Gasteiger partial charge on any atom is 0.195 e. The number of hydrogen-bond acceptors (Lipinski definition) is 4. The van der Waals surface area contributed by atoms with Gasteiger partial charge in [-0.25, -0.2) is 0 Å². The van der Waals surface area contributed by atoms with Crippen LogP contribution in [0.1, 0.15) is 17.2 Å². The Hall–Kier alpha value is -3.05. The molecule has 1 heterocycles. The number of carbonyl (C=O) groups excluding carboxylic acids is 2. The topological polar surface area (TPSA) is 72.0 Å². The van der Waals surface area contributed by atoms with E-state index >= 15 is 0 Å². The van der Waals surface area contributed by atoms with Crippen molar-refractivity contribution < 1.29 is 14.3 Å². The second-order valence-electron chi connectivity index (χ2n) is 6.40. The molecule has 1 aliphatic rings. The van der Waals surface area contributed by atoms with E-state index in [1.807, 2.05) is 54.6 Å². The lowest BCUT2D eigenvalue weighted by atomic mass is 9.75. The summed E-state index contributed by atoms with van der Waals surface area (Å²) in [4.78, 5) is 26.0. The fraction of sp³-hybridized carbons (Fsp3) is 0.190. The fourth-order valence-corrected chi connectivity index (χ4v) is 3.54. The van der Waals surface area contributed by atoms with Crippen LogP contribution in [0, 0.1) is 0 Å². The van der Waals surface area contributed by atoms with Crippen molar-refractivity contribution >= 4 is 22.5 Å². The molecule has 4 rings (SSSR count). The Bertz CT molecular complexity index is 1010. The summed E-state index contributed by atoms with van der Waals surface area (Å²) in [6.07, 6.45) is 3.20. The van der Waals surface area contributed by atoms with Gasteiger partial charge >= 0.3 is 0 Å². The van der Waals surface area contributed by atoms with Crippen LogP contribution >= 0.6 is 0 Å². The van der Waals surface area contributed by atoms with Gasteiger partial charge in [-0.2, -0.15) is 5.10 Å². The van der Waals surface area contributed by atoms with Crippen molar-refractivity contribution in [2.45, 2.75) is 17.9 Å². The molecule has 0 amide bonds. The van der Waals surface area contributed by atoms with Gasteiger partial charge in [0.2, 0.25) is 0 Å². The fourth-order valence-electron chi connectivity index (χ4n) is 3.54. The number of Topliss-reactive ketones (excluding diaryl/α,β-unsaturated/α-hetero) is 1. The number of benzene rings is 2. The Morgan fingerprint density at radius 1 is 1.08 bits per heavy atom. The van der Waals surface area contributed by atoms with E-state index in [2.05, 4.69) is 10.2 Å². The molecule has 130 valence electrons. The molecule has 1 N–H and O–H groups in total. The van der Waals surface area contributed by atoms with Gasteiger partial charge in [-0.3, -0.25) is 14.7 Å². The van der Waals surface area contributed by atoms with E-state index in [0.717, 1.165) is 16.5 Å². The molecular weight excluding hydrogens is 328 g/mol. The predicted molar refractivity (Wildman–Crippen MR) is 97.9 cm³/mol.